The summed E-state index contributed by atoms with van der Waals surface area (Å²) in [7, 11) is 1.43. The van der Waals surface area contributed by atoms with E-state index in [9.17, 15) is 4.79 Å². The fraction of sp³-hybridized carbons (Fsp3) is 0.357. The fourth-order valence-electron chi connectivity index (χ4n) is 2.38. The number of rotatable bonds is 2. The van der Waals surface area contributed by atoms with E-state index in [2.05, 4.69) is 10.1 Å². The normalized spacial score (nSPS) is 17.8. The molecule has 0 N–H and O–H groups in total. The Balaban J connectivity index is 1.87. The molecule has 0 fully saturated rings. The minimum atomic E-state index is -0.164. The maximum absolute atomic E-state index is 11.6. The maximum atomic E-state index is 11.6. The molecule has 0 amide bonds. The van der Waals surface area contributed by atoms with Crippen molar-refractivity contribution in [2.24, 2.45) is 5.92 Å². The van der Waals surface area contributed by atoms with Crippen LogP contribution in [0.2, 0.25) is 0 Å². The molecule has 98 valence electrons. The topological polar surface area (TPSA) is 57.0 Å². The van der Waals surface area contributed by atoms with Gasteiger partial charge >= 0.3 is 5.97 Å². The molecular weight excluding hydrogens is 242 g/mol. The molecule has 2 aromatic rings. The van der Waals surface area contributed by atoms with Gasteiger partial charge in [0, 0.05) is 12.0 Å². The monoisotopic (exact) mass is 257 g/mol. The summed E-state index contributed by atoms with van der Waals surface area (Å²) in [6, 6.07) is 9.87. The lowest BCUT2D eigenvalue weighted by Gasteiger charge is -2.19. The highest BCUT2D eigenvalue weighted by Gasteiger charge is 2.27. The van der Waals surface area contributed by atoms with Gasteiger partial charge in [0.2, 0.25) is 0 Å². The molecule has 1 atom stereocenters. The quantitative estimate of drug-likeness (QED) is 0.768. The van der Waals surface area contributed by atoms with Crippen molar-refractivity contribution in [1.82, 2.24) is 14.8 Å². The summed E-state index contributed by atoms with van der Waals surface area (Å²) in [6.07, 6.45) is 1.54. The van der Waals surface area contributed by atoms with Crippen LogP contribution in [-0.2, 0) is 22.5 Å². The summed E-state index contributed by atoms with van der Waals surface area (Å²) in [4.78, 5) is 16.1. The zero-order valence-corrected chi connectivity index (χ0v) is 10.7. The van der Waals surface area contributed by atoms with Gasteiger partial charge in [0.25, 0.3) is 0 Å². The molecule has 5 nitrogen and oxygen atoms in total. The van der Waals surface area contributed by atoms with E-state index >= 15 is 0 Å². The van der Waals surface area contributed by atoms with Crippen LogP contribution in [0.3, 0.4) is 0 Å². The van der Waals surface area contributed by atoms with Crippen molar-refractivity contribution in [3.63, 3.8) is 0 Å². The zero-order chi connectivity index (χ0) is 13.2. The number of aromatic nitrogens is 3. The van der Waals surface area contributed by atoms with Gasteiger partial charge in [-0.05, 0) is 6.42 Å². The second kappa shape index (κ2) is 4.84. The van der Waals surface area contributed by atoms with Gasteiger partial charge in [-0.3, -0.25) is 4.79 Å². The van der Waals surface area contributed by atoms with Crippen LogP contribution < -0.4 is 0 Å². The maximum Gasteiger partial charge on any atom is 0.310 e. The summed E-state index contributed by atoms with van der Waals surface area (Å²) in [5, 5.41) is 4.49. The standard InChI is InChI=1S/C14H15N3O2/c1-19-14(18)11-7-8-12-15-13(16-17(12)9-11)10-5-3-2-4-6-10/h2-6,11H,7-9H2,1H3. The van der Waals surface area contributed by atoms with Crippen LogP contribution in [0.4, 0.5) is 0 Å². The summed E-state index contributed by atoms with van der Waals surface area (Å²) in [5.41, 5.74) is 0.999. The van der Waals surface area contributed by atoms with Crippen LogP contribution in [0.15, 0.2) is 30.3 Å². The van der Waals surface area contributed by atoms with Crippen molar-refractivity contribution >= 4 is 5.97 Å². The van der Waals surface area contributed by atoms with Crippen LogP contribution in [0.1, 0.15) is 12.2 Å². The minimum absolute atomic E-state index is 0.108. The molecule has 2 heterocycles. The van der Waals surface area contributed by atoms with Gasteiger partial charge < -0.3 is 4.74 Å². The number of hydrogen-bond acceptors (Lipinski definition) is 4. The fourth-order valence-corrected chi connectivity index (χ4v) is 2.38. The molecular formula is C14H15N3O2. The molecule has 0 saturated heterocycles. The van der Waals surface area contributed by atoms with E-state index in [1.54, 1.807) is 0 Å². The Labute approximate surface area is 111 Å². The van der Waals surface area contributed by atoms with Crippen molar-refractivity contribution in [3.05, 3.63) is 36.2 Å². The number of esters is 1. The van der Waals surface area contributed by atoms with E-state index in [-0.39, 0.29) is 11.9 Å². The molecule has 0 saturated carbocycles. The predicted octanol–water partition coefficient (Wildman–Crippen LogP) is 1.68. The summed E-state index contributed by atoms with van der Waals surface area (Å²) >= 11 is 0. The Kier molecular flexibility index (Phi) is 3.03. The zero-order valence-electron chi connectivity index (χ0n) is 10.7. The second-order valence-corrected chi connectivity index (χ2v) is 4.66. The summed E-state index contributed by atoms with van der Waals surface area (Å²) < 4.78 is 6.62. The predicted molar refractivity (Wildman–Crippen MR) is 69.3 cm³/mol. The van der Waals surface area contributed by atoms with E-state index in [1.807, 2.05) is 35.0 Å². The average molecular weight is 257 g/mol. The summed E-state index contributed by atoms with van der Waals surface area (Å²) in [6.45, 7) is 0.557. The van der Waals surface area contributed by atoms with Crippen LogP contribution in [-0.4, -0.2) is 27.8 Å². The van der Waals surface area contributed by atoms with Gasteiger partial charge in [-0.1, -0.05) is 30.3 Å². The van der Waals surface area contributed by atoms with Crippen LogP contribution in [0.5, 0.6) is 0 Å². The average Bonchev–Trinajstić information content (AvgIpc) is 2.90. The third-order valence-electron chi connectivity index (χ3n) is 3.42. The highest BCUT2D eigenvalue weighted by molar-refractivity contribution is 5.72. The van der Waals surface area contributed by atoms with E-state index < -0.39 is 0 Å². The van der Waals surface area contributed by atoms with Gasteiger partial charge in [-0.2, -0.15) is 5.10 Å². The van der Waals surface area contributed by atoms with Crippen molar-refractivity contribution in [2.75, 3.05) is 7.11 Å². The molecule has 0 bridgehead atoms. The Morgan fingerprint density at radius 2 is 2.16 bits per heavy atom. The number of methoxy groups -OCH3 is 1. The number of hydrogen-bond donors (Lipinski definition) is 0. The molecule has 1 aliphatic heterocycles. The third kappa shape index (κ3) is 2.23. The Hall–Kier alpha value is -2.17. The molecule has 5 heteroatoms. The van der Waals surface area contributed by atoms with Crippen molar-refractivity contribution < 1.29 is 9.53 Å². The number of aryl methyl sites for hydroxylation is 1. The summed E-state index contributed by atoms with van der Waals surface area (Å²) in [5.74, 6) is 1.39. The molecule has 3 rings (SSSR count). The van der Waals surface area contributed by atoms with Crippen molar-refractivity contribution in [3.8, 4) is 11.4 Å². The Morgan fingerprint density at radius 1 is 1.37 bits per heavy atom. The highest BCUT2D eigenvalue weighted by atomic mass is 16.5. The van der Waals surface area contributed by atoms with Crippen LogP contribution in [0.25, 0.3) is 11.4 Å². The van der Waals surface area contributed by atoms with E-state index in [0.29, 0.717) is 6.54 Å². The van der Waals surface area contributed by atoms with Gasteiger partial charge in [0.1, 0.15) is 5.82 Å². The van der Waals surface area contributed by atoms with Crippen molar-refractivity contribution in [2.45, 2.75) is 19.4 Å². The first-order valence-electron chi connectivity index (χ1n) is 6.35. The van der Waals surface area contributed by atoms with E-state index in [0.717, 1.165) is 30.1 Å². The number of fused-ring (bicyclic) bond motifs is 1. The molecule has 1 aliphatic rings. The van der Waals surface area contributed by atoms with Gasteiger partial charge in [0.05, 0.1) is 19.6 Å². The first-order valence-corrected chi connectivity index (χ1v) is 6.35. The Bertz CT molecular complexity index is 592. The number of nitrogens with zero attached hydrogens (tertiary/aromatic N) is 3. The minimum Gasteiger partial charge on any atom is -0.469 e. The molecule has 1 aromatic heterocycles. The second-order valence-electron chi connectivity index (χ2n) is 4.66. The van der Waals surface area contributed by atoms with E-state index in [1.165, 1.54) is 7.11 Å². The number of benzene rings is 1. The molecule has 19 heavy (non-hydrogen) atoms. The largest absolute Gasteiger partial charge is 0.469 e. The molecule has 1 aromatic carbocycles. The molecule has 0 aliphatic carbocycles. The van der Waals surface area contributed by atoms with Gasteiger partial charge in [0.15, 0.2) is 5.82 Å². The molecule has 0 radical (unpaired) electrons. The Morgan fingerprint density at radius 3 is 2.89 bits per heavy atom. The van der Waals surface area contributed by atoms with Crippen LogP contribution in [0, 0.1) is 5.92 Å². The molecule has 1 unspecified atom stereocenters. The SMILES string of the molecule is COC(=O)C1CCc2nc(-c3ccccc3)nn2C1. The van der Waals surface area contributed by atoms with E-state index in [4.69, 9.17) is 4.74 Å². The lowest BCUT2D eigenvalue weighted by molar-refractivity contribution is -0.146. The number of ether oxygens (including phenoxy) is 1. The number of carbonyl (C=O) groups excluding carboxylic acids is 1. The van der Waals surface area contributed by atoms with Gasteiger partial charge in [-0.25, -0.2) is 9.67 Å². The highest BCUT2D eigenvalue weighted by Crippen LogP contribution is 2.22. The first-order chi connectivity index (χ1) is 9.28. The lowest BCUT2D eigenvalue weighted by atomic mass is 10.0. The van der Waals surface area contributed by atoms with Crippen LogP contribution >= 0.6 is 0 Å². The smallest absolute Gasteiger partial charge is 0.310 e. The molecule has 0 spiro atoms. The first kappa shape index (κ1) is 11.9. The lowest BCUT2D eigenvalue weighted by Crippen LogP contribution is -2.28. The van der Waals surface area contributed by atoms with Gasteiger partial charge in [-0.15, -0.1) is 0 Å². The number of carbonyl (C=O) groups is 1. The third-order valence-corrected chi connectivity index (χ3v) is 3.42. The van der Waals surface area contributed by atoms with Crippen molar-refractivity contribution in [1.29, 1.82) is 0 Å².